The number of rotatable bonds is 48. The highest BCUT2D eigenvalue weighted by Gasteiger charge is 2.14. The van der Waals surface area contributed by atoms with E-state index in [4.69, 9.17) is 23.7 Å². The summed E-state index contributed by atoms with van der Waals surface area (Å²) in [5.41, 5.74) is 11.5. The first-order valence-electron chi connectivity index (χ1n) is 33.8. The zero-order valence-corrected chi connectivity index (χ0v) is 52.6. The molecule has 6 aromatic carbocycles. The molecular formula is C78H110O5. The zero-order valence-electron chi connectivity index (χ0n) is 52.6. The Morgan fingerprint density at radius 3 is 0.687 bits per heavy atom. The third-order valence-electron chi connectivity index (χ3n) is 16.5. The lowest BCUT2D eigenvalue weighted by atomic mass is 9.94. The maximum atomic E-state index is 6.93. The second-order valence-corrected chi connectivity index (χ2v) is 23.6. The van der Waals surface area contributed by atoms with Crippen molar-refractivity contribution in [1.29, 1.82) is 0 Å². The predicted molar refractivity (Wildman–Crippen MR) is 356 cm³/mol. The van der Waals surface area contributed by atoms with Crippen molar-refractivity contribution in [3.63, 3.8) is 0 Å². The van der Waals surface area contributed by atoms with Crippen molar-refractivity contribution in [2.24, 2.45) is 0 Å². The minimum Gasteiger partial charge on any atom is -0.494 e. The summed E-state index contributed by atoms with van der Waals surface area (Å²) in [7, 11) is 0. The van der Waals surface area contributed by atoms with Crippen LogP contribution in [0.15, 0.2) is 133 Å². The van der Waals surface area contributed by atoms with Gasteiger partial charge in [0.2, 0.25) is 0 Å². The molecule has 452 valence electrons. The van der Waals surface area contributed by atoms with E-state index in [-0.39, 0.29) is 0 Å². The van der Waals surface area contributed by atoms with Crippen molar-refractivity contribution in [3.8, 4) is 67.5 Å². The van der Waals surface area contributed by atoms with Crippen LogP contribution in [0.2, 0.25) is 0 Å². The Kier molecular flexibility index (Phi) is 34.0. The number of unbranched alkanes of at least 4 members (excludes halogenated alkanes) is 28. The number of ether oxygens (including phenoxy) is 5. The van der Waals surface area contributed by atoms with Crippen molar-refractivity contribution >= 4 is 0 Å². The van der Waals surface area contributed by atoms with E-state index < -0.39 is 0 Å². The van der Waals surface area contributed by atoms with Crippen LogP contribution in [0.4, 0.5) is 0 Å². The molecule has 0 saturated heterocycles. The summed E-state index contributed by atoms with van der Waals surface area (Å²) in [5, 5.41) is 0. The molecule has 0 saturated carbocycles. The summed E-state index contributed by atoms with van der Waals surface area (Å²) in [4.78, 5) is 0. The molecular weight excluding hydrogens is 1020 g/mol. The van der Waals surface area contributed by atoms with E-state index in [0.29, 0.717) is 13.2 Å². The topological polar surface area (TPSA) is 46.2 Å². The third kappa shape index (κ3) is 26.5. The first kappa shape index (κ1) is 66.6. The van der Waals surface area contributed by atoms with Crippen LogP contribution in [0.1, 0.15) is 244 Å². The standard InChI is InChI=1S/C78H110O5/c1-5-9-13-17-21-25-29-33-57-80-73-47-37-65(38-48-73)69-45-55-77(67-41-51-75(52-42-67)82-59-35-31-27-23-19-15-11-7-3)71(61-69)63-79-64-72-62-70(66-39-49-74(50-40-66)81-58-34-30-26-22-18-14-10-6-2)46-56-78(72)68-43-53-76(54-44-68)83-60-36-32-28-24-20-16-12-8-4/h37-56,61-62H,5-36,57-60,63-64H2,1-4H3. The van der Waals surface area contributed by atoms with Gasteiger partial charge in [-0.1, -0.05) is 280 Å². The predicted octanol–water partition coefficient (Wildman–Crippen LogP) is 24.1. The maximum Gasteiger partial charge on any atom is 0.119 e. The molecule has 0 bridgehead atoms. The Morgan fingerprint density at radius 1 is 0.217 bits per heavy atom. The molecule has 0 fully saturated rings. The van der Waals surface area contributed by atoms with E-state index in [1.807, 2.05) is 0 Å². The van der Waals surface area contributed by atoms with Crippen molar-refractivity contribution in [3.05, 3.63) is 145 Å². The fourth-order valence-electron chi connectivity index (χ4n) is 11.3. The monoisotopic (exact) mass is 1130 g/mol. The van der Waals surface area contributed by atoms with Gasteiger partial charge < -0.3 is 23.7 Å². The highest BCUT2D eigenvalue weighted by atomic mass is 16.5. The summed E-state index contributed by atoms with van der Waals surface area (Å²) < 4.78 is 31.9. The van der Waals surface area contributed by atoms with Crippen LogP contribution >= 0.6 is 0 Å². The van der Waals surface area contributed by atoms with E-state index in [1.165, 1.54) is 180 Å². The first-order chi connectivity index (χ1) is 41.1. The molecule has 0 amide bonds. The van der Waals surface area contributed by atoms with Gasteiger partial charge in [-0.05, 0) is 142 Å². The fourth-order valence-corrected chi connectivity index (χ4v) is 11.3. The zero-order chi connectivity index (χ0) is 58.0. The molecule has 0 heterocycles. The molecule has 0 N–H and O–H groups in total. The van der Waals surface area contributed by atoms with Gasteiger partial charge in [-0.2, -0.15) is 0 Å². The average Bonchev–Trinajstić information content (AvgIpc) is 3.71. The van der Waals surface area contributed by atoms with Gasteiger partial charge >= 0.3 is 0 Å². The van der Waals surface area contributed by atoms with Crippen molar-refractivity contribution in [1.82, 2.24) is 0 Å². The van der Waals surface area contributed by atoms with Crippen LogP contribution < -0.4 is 18.9 Å². The van der Waals surface area contributed by atoms with E-state index in [2.05, 4.69) is 161 Å². The van der Waals surface area contributed by atoms with Crippen LogP contribution in [0.25, 0.3) is 44.5 Å². The largest absolute Gasteiger partial charge is 0.494 e. The average molecular weight is 1130 g/mol. The Labute approximate surface area is 506 Å². The van der Waals surface area contributed by atoms with Crippen molar-refractivity contribution in [2.45, 2.75) is 246 Å². The summed E-state index contributed by atoms with van der Waals surface area (Å²) in [6, 6.07) is 48.3. The molecule has 0 spiro atoms. The molecule has 5 heteroatoms. The van der Waals surface area contributed by atoms with Gasteiger partial charge in [0.05, 0.1) is 39.6 Å². The fraction of sp³-hybridized carbons (Fsp3) is 0.538. The van der Waals surface area contributed by atoms with Gasteiger partial charge in [0.15, 0.2) is 0 Å². The molecule has 0 aliphatic rings. The minimum atomic E-state index is 0.444. The van der Waals surface area contributed by atoms with E-state index in [0.717, 1.165) is 131 Å². The van der Waals surface area contributed by atoms with Gasteiger partial charge in [0.25, 0.3) is 0 Å². The minimum absolute atomic E-state index is 0.444. The van der Waals surface area contributed by atoms with E-state index >= 15 is 0 Å². The van der Waals surface area contributed by atoms with Gasteiger partial charge in [0, 0.05) is 0 Å². The van der Waals surface area contributed by atoms with Gasteiger partial charge in [-0.25, -0.2) is 0 Å². The second kappa shape index (κ2) is 42.3. The van der Waals surface area contributed by atoms with E-state index in [1.54, 1.807) is 0 Å². The maximum absolute atomic E-state index is 6.93. The Morgan fingerprint density at radius 2 is 0.434 bits per heavy atom. The Hall–Kier alpha value is -5.52. The summed E-state index contributed by atoms with van der Waals surface area (Å²) in [6.45, 7) is 13.0. The molecule has 0 aliphatic carbocycles. The molecule has 0 unspecified atom stereocenters. The highest BCUT2D eigenvalue weighted by molar-refractivity contribution is 5.76. The normalized spacial score (nSPS) is 11.3. The smallest absolute Gasteiger partial charge is 0.119 e. The van der Waals surface area contributed by atoms with Crippen LogP contribution in [-0.4, -0.2) is 26.4 Å². The summed E-state index contributed by atoms with van der Waals surface area (Å²) >= 11 is 0. The van der Waals surface area contributed by atoms with Crippen LogP contribution in [0, 0.1) is 0 Å². The van der Waals surface area contributed by atoms with Crippen LogP contribution in [0.3, 0.4) is 0 Å². The molecule has 0 atom stereocenters. The number of hydrogen-bond donors (Lipinski definition) is 0. The number of hydrogen-bond acceptors (Lipinski definition) is 5. The third-order valence-corrected chi connectivity index (χ3v) is 16.5. The van der Waals surface area contributed by atoms with Crippen molar-refractivity contribution in [2.75, 3.05) is 26.4 Å². The highest BCUT2D eigenvalue weighted by Crippen LogP contribution is 2.35. The molecule has 0 radical (unpaired) electrons. The molecule has 6 rings (SSSR count). The van der Waals surface area contributed by atoms with Gasteiger partial charge in [-0.3, -0.25) is 0 Å². The SMILES string of the molecule is CCCCCCCCCCOc1ccc(-c2ccc(-c3ccc(OCCCCCCCCCC)cc3)c(COCc3cc(-c4ccc(OCCCCCCCCCC)cc4)ccc3-c3ccc(OCCCCCCCCCC)cc3)c2)cc1. The quantitative estimate of drug-likeness (QED) is 0.0356. The molecule has 5 nitrogen and oxygen atoms in total. The Bertz CT molecular complexity index is 2370. The molecule has 83 heavy (non-hydrogen) atoms. The molecule has 0 aromatic heterocycles. The summed E-state index contributed by atoms with van der Waals surface area (Å²) in [6.07, 6.45) is 41.3. The van der Waals surface area contributed by atoms with Gasteiger partial charge in [-0.15, -0.1) is 0 Å². The lowest BCUT2D eigenvalue weighted by Crippen LogP contribution is -2.00. The first-order valence-corrected chi connectivity index (χ1v) is 33.8. The van der Waals surface area contributed by atoms with E-state index in [9.17, 15) is 0 Å². The van der Waals surface area contributed by atoms with Gasteiger partial charge in [0.1, 0.15) is 23.0 Å². The molecule has 6 aromatic rings. The Balaban J connectivity index is 1.16. The van der Waals surface area contributed by atoms with Crippen molar-refractivity contribution < 1.29 is 23.7 Å². The molecule has 0 aliphatic heterocycles. The lowest BCUT2D eigenvalue weighted by molar-refractivity contribution is 0.108. The van der Waals surface area contributed by atoms with Crippen LogP contribution in [0.5, 0.6) is 23.0 Å². The van der Waals surface area contributed by atoms with Crippen LogP contribution in [-0.2, 0) is 18.0 Å². The number of benzene rings is 6. The lowest BCUT2D eigenvalue weighted by Gasteiger charge is -2.17. The second-order valence-electron chi connectivity index (χ2n) is 23.6. The summed E-state index contributed by atoms with van der Waals surface area (Å²) in [5.74, 6) is 3.71.